The number of hydroxylamine groups is 1. The average molecular weight is 1500 g/mol. The number of allylic oxidation sites excluding steroid dienone is 13. The predicted molar refractivity (Wildman–Crippen MR) is 494 cm³/mol. The molecule has 0 aromatic heterocycles. The van der Waals surface area contributed by atoms with Crippen LogP contribution in [-0.4, -0.2) is 137 Å². The van der Waals surface area contributed by atoms with Crippen LogP contribution in [-0.2, 0) is 0 Å². The molecule has 0 saturated heterocycles. The lowest BCUT2D eigenvalue weighted by atomic mass is 9.67. The van der Waals surface area contributed by atoms with Gasteiger partial charge in [0.2, 0.25) is 0 Å². The lowest BCUT2D eigenvalue weighted by Crippen LogP contribution is -2.52. The molecule has 0 amide bonds. The summed E-state index contributed by atoms with van der Waals surface area (Å²) in [5.41, 5.74) is 13.9. The Hall–Kier alpha value is -5.05. The molecule has 14 heteroatoms. The van der Waals surface area contributed by atoms with Crippen LogP contribution in [0.25, 0.3) is 0 Å². The molecule has 0 aromatic rings. The van der Waals surface area contributed by atoms with Crippen LogP contribution in [0.1, 0.15) is 353 Å². The van der Waals surface area contributed by atoms with Gasteiger partial charge in [-0.1, -0.05) is 157 Å². The number of oxime groups is 1. The molecule has 106 heavy (non-hydrogen) atoms. The van der Waals surface area contributed by atoms with Crippen molar-refractivity contribution in [2.45, 2.75) is 393 Å². The summed E-state index contributed by atoms with van der Waals surface area (Å²) in [6.07, 6.45) is 17.0. The minimum absolute atomic E-state index is 0.0833. The molecule has 14 nitrogen and oxygen atoms in total. The van der Waals surface area contributed by atoms with E-state index < -0.39 is 0 Å². The first-order valence-electron chi connectivity index (χ1n) is 39.7. The second-order valence-corrected chi connectivity index (χ2v) is 33.3. The molecule has 0 heterocycles. The van der Waals surface area contributed by atoms with E-state index in [0.29, 0.717) is 76.0 Å². The van der Waals surface area contributed by atoms with E-state index in [-0.39, 0.29) is 22.0 Å². The Morgan fingerprint density at radius 3 is 1.03 bits per heavy atom. The number of hydrogen-bond acceptors (Lipinski definition) is 13. The molecule has 0 unspecified atom stereocenters. The third kappa shape index (κ3) is 69.4. The first-order valence-corrected chi connectivity index (χ1v) is 39.7. The Morgan fingerprint density at radius 2 is 0.934 bits per heavy atom. The maximum Gasteiger partial charge on any atom is 0.185 e. The topological polar surface area (TPSA) is 186 Å². The van der Waals surface area contributed by atoms with Gasteiger partial charge >= 0.3 is 0 Å². The van der Waals surface area contributed by atoms with Crippen LogP contribution in [0, 0.1) is 62.4 Å². The summed E-state index contributed by atoms with van der Waals surface area (Å²) in [7, 11) is 10.3. The van der Waals surface area contributed by atoms with Crippen molar-refractivity contribution in [3.63, 3.8) is 0 Å². The van der Waals surface area contributed by atoms with Crippen LogP contribution in [0.5, 0.6) is 0 Å². The quantitative estimate of drug-likeness (QED) is 0.0155. The Balaban J connectivity index is -0.0000000911. The van der Waals surface area contributed by atoms with Crippen molar-refractivity contribution in [1.29, 1.82) is 10.8 Å². The normalized spacial score (nSPS) is 13.4. The maximum atomic E-state index is 10.5. The number of nitrogens with zero attached hydrogens (tertiary/aromatic N) is 7. The van der Waals surface area contributed by atoms with E-state index in [1.54, 1.807) is 40.0 Å². The van der Waals surface area contributed by atoms with E-state index in [4.69, 9.17) is 16.0 Å². The molecule has 0 saturated carbocycles. The molecule has 0 fully saturated rings. The van der Waals surface area contributed by atoms with Crippen LogP contribution in [0.4, 0.5) is 0 Å². The third-order valence-electron chi connectivity index (χ3n) is 21.9. The molecule has 0 bridgehead atoms. The van der Waals surface area contributed by atoms with Crippen LogP contribution in [0.3, 0.4) is 0 Å². The van der Waals surface area contributed by atoms with Gasteiger partial charge < -0.3 is 42.1 Å². The second-order valence-electron chi connectivity index (χ2n) is 33.3. The highest BCUT2D eigenvalue weighted by atomic mass is 16.5. The fraction of sp³-hybridized carbons (Fsp3) is 0.772. The van der Waals surface area contributed by atoms with Crippen LogP contribution in [0.15, 0.2) is 102 Å². The van der Waals surface area contributed by atoms with Gasteiger partial charge in [-0.3, -0.25) is 19.9 Å². The fourth-order valence-corrected chi connectivity index (χ4v) is 6.50. The molecule has 0 rings (SSSR count). The van der Waals surface area contributed by atoms with E-state index >= 15 is 0 Å². The number of hydrogen-bond donors (Lipinski definition) is 6. The minimum Gasteiger partial charge on any atom is -0.619 e. The van der Waals surface area contributed by atoms with Crippen molar-refractivity contribution in [2.75, 3.05) is 35.2 Å². The Kier molecular flexibility index (Phi) is 83.2. The minimum atomic E-state index is 0.0833. The van der Waals surface area contributed by atoms with E-state index in [9.17, 15) is 5.21 Å². The van der Waals surface area contributed by atoms with E-state index in [1.165, 1.54) is 34.5 Å². The maximum absolute atomic E-state index is 10.5. The highest BCUT2D eigenvalue weighted by Crippen LogP contribution is 2.37. The van der Waals surface area contributed by atoms with E-state index in [0.717, 1.165) is 33.0 Å². The number of rotatable bonds is 22. The zero-order valence-corrected chi connectivity index (χ0v) is 81.9. The van der Waals surface area contributed by atoms with E-state index in [2.05, 4.69) is 328 Å². The van der Waals surface area contributed by atoms with Gasteiger partial charge in [0.05, 0.1) is 11.3 Å². The van der Waals surface area contributed by atoms with Crippen molar-refractivity contribution in [3.05, 3.63) is 86.7 Å². The standard InChI is InChI=1S/2C10H23N.6C8H17N.2C6H11NO.2C6H11N/c1-8(2)10(5,6)11(7)9(3)4;1-8(2)9(3,4)10(5,6)11-7;1-6-7(2)8(3,4)9-5;1-6-8(4)9(5)7(2)3;1-6-9-8(4,5)7(2)3;1-6(2)8(4,5)7(3)9;1-6(2)7(3)8(4)9-5;1-6(2)8(5)9-7(3)4;1-4-6(3)7(8)5-2;1-4-5(2)6(3)7-8;1-4-6(3)7-5-2;1-4-5(2)6(3)7/h8-9H,1-7H3;8,11H,1-7H3;6,9H,1-5H3;2*6-7H,1-5H3;2*6,9H,1-5H3;6-7H,1-5H3;4-5H,1-3H3;4,8H,1-3H3;4-5H,1-3H3;4,7H,1-3H3/b;;7-6+;8-6+;;;8-7-;;6-4+,7-5-;5-4+,7-6?;6-4+,7-5?;5-4+,7-6?. The van der Waals surface area contributed by atoms with Gasteiger partial charge in [-0.15, -0.1) is 0 Å². The Labute approximate surface area is 666 Å². The van der Waals surface area contributed by atoms with Crippen molar-refractivity contribution in [3.8, 4) is 0 Å². The number of likely N-dealkylation sites (N-methyl/N-ethyl adjacent to an activating group) is 1. The summed E-state index contributed by atoms with van der Waals surface area (Å²) in [5.74, 6) is 3.85. The van der Waals surface area contributed by atoms with Crippen molar-refractivity contribution in [1.82, 2.24) is 25.8 Å². The van der Waals surface area contributed by atoms with Gasteiger partial charge in [0.15, 0.2) is 11.9 Å². The summed E-state index contributed by atoms with van der Waals surface area (Å²) in [4.78, 5) is 17.4. The average Bonchev–Trinajstić information content (AvgIpc) is 0.817. The van der Waals surface area contributed by atoms with Crippen LogP contribution < -0.4 is 16.0 Å². The van der Waals surface area contributed by atoms with E-state index in [1.807, 2.05) is 115 Å². The van der Waals surface area contributed by atoms with Gasteiger partial charge in [0.1, 0.15) is 0 Å². The molecule has 0 radical (unpaired) electrons. The lowest BCUT2D eigenvalue weighted by molar-refractivity contribution is -0.396. The Morgan fingerprint density at radius 1 is 0.509 bits per heavy atom. The third-order valence-corrected chi connectivity index (χ3v) is 21.9. The van der Waals surface area contributed by atoms with Crippen molar-refractivity contribution >= 4 is 41.5 Å². The smallest absolute Gasteiger partial charge is 0.185 e. The summed E-state index contributed by atoms with van der Waals surface area (Å²) >= 11 is 0. The lowest BCUT2D eigenvalue weighted by Gasteiger charge is -2.44. The van der Waals surface area contributed by atoms with Gasteiger partial charge in [-0.05, 0) is 314 Å². The van der Waals surface area contributed by atoms with Gasteiger partial charge in [0, 0.05) is 109 Å². The molecule has 0 atom stereocenters. The van der Waals surface area contributed by atoms with Gasteiger partial charge in [-0.25, -0.2) is 0 Å². The van der Waals surface area contributed by atoms with Crippen molar-refractivity contribution < 1.29 is 9.95 Å². The highest BCUT2D eigenvalue weighted by Gasteiger charge is 2.38. The molecule has 0 aromatic carbocycles. The van der Waals surface area contributed by atoms with Crippen molar-refractivity contribution in [2.24, 2.45) is 66.5 Å². The molecule has 0 aliphatic heterocycles. The number of aliphatic imine (C=N–C) groups is 3. The summed E-state index contributed by atoms with van der Waals surface area (Å²) < 4.78 is 0.833. The fourth-order valence-electron chi connectivity index (χ4n) is 6.50. The first-order chi connectivity index (χ1) is 47.6. The predicted octanol–water partition coefficient (Wildman–Crippen LogP) is 26.8. The first kappa shape index (κ1) is 127. The highest BCUT2D eigenvalue weighted by molar-refractivity contribution is 5.97. The summed E-state index contributed by atoms with van der Waals surface area (Å²) in [6, 6.07) is 1.70. The molecule has 0 aliphatic rings. The molecule has 0 aliphatic carbocycles. The molecular weight excluding hydrogens is 1310 g/mol. The Bertz CT molecular complexity index is 2520. The van der Waals surface area contributed by atoms with Crippen LogP contribution >= 0.6 is 0 Å². The number of nitrogens with one attached hydrogen (secondary N) is 5. The summed E-state index contributed by atoms with van der Waals surface area (Å²) in [5, 5.41) is 45.9. The van der Waals surface area contributed by atoms with Crippen LogP contribution in [0.2, 0.25) is 0 Å². The van der Waals surface area contributed by atoms with Gasteiger partial charge in [0.25, 0.3) is 0 Å². The molecule has 632 valence electrons. The molecule has 0 spiro atoms. The monoisotopic (exact) mass is 1500 g/mol. The molecular formula is C92H192N12O2. The SMILES string of the molecule is C/C=C(\C)C(C)(C)NC.C/C=C(\C)C(C)=N.C/C=C(\C)C(C)=NO.C/C=C(\C)N(C)C(C)C.C/C=[N+]([O-])/C(C)=C/C.CC(=N)C(C)(C)C(C)C.CC(=NC(C)C)C(C)C.CC(C)N(C)C(C)(C)C(C)C.CC=N/C(C)=C/C.CC=NC(C)(C)C(C)C.CN/C(C)=C(/C)C(C)C.CNC(C)(C)C(C)(C)C(C)C. The largest absolute Gasteiger partial charge is 0.619 e. The summed E-state index contributed by atoms with van der Waals surface area (Å²) in [6.45, 7) is 107. The second kappa shape index (κ2) is 69.2. The zero-order valence-electron chi connectivity index (χ0n) is 81.9. The van der Waals surface area contributed by atoms with Gasteiger partial charge in [-0.2, -0.15) is 4.74 Å². The zero-order chi connectivity index (χ0) is 88.2. The molecule has 6 N–H and O–H groups in total.